The molecule has 0 aliphatic heterocycles. The summed E-state index contributed by atoms with van der Waals surface area (Å²) < 4.78 is 0. The van der Waals surface area contributed by atoms with E-state index in [0.29, 0.717) is 24.2 Å². The van der Waals surface area contributed by atoms with Crippen LogP contribution in [0.4, 0.5) is 5.69 Å². The van der Waals surface area contributed by atoms with Crippen LogP contribution in [0.3, 0.4) is 0 Å². The number of rotatable bonds is 6. The molecular weight excluding hydrogens is 262 g/mol. The number of carbonyl (C=O) groups is 1. The van der Waals surface area contributed by atoms with Gasteiger partial charge in [0.15, 0.2) is 0 Å². The Morgan fingerprint density at radius 3 is 2.71 bits per heavy atom. The van der Waals surface area contributed by atoms with Gasteiger partial charge in [-0.3, -0.25) is 4.79 Å². The molecule has 1 aromatic rings. The van der Waals surface area contributed by atoms with Crippen LogP contribution in [0.25, 0.3) is 0 Å². The van der Waals surface area contributed by atoms with Crippen LogP contribution >= 0.6 is 0 Å². The Bertz CT molecular complexity index is 524. The predicted octanol–water partition coefficient (Wildman–Crippen LogP) is 3.02. The monoisotopic (exact) mass is 287 g/mol. The lowest BCUT2D eigenvalue weighted by Gasteiger charge is -2.17. The minimum Gasteiger partial charge on any atom is -0.399 e. The minimum atomic E-state index is 0.101. The number of nitrogen functional groups attached to an aromatic ring is 1. The maximum atomic E-state index is 11.7. The Hall–Kier alpha value is -2.02. The van der Waals surface area contributed by atoms with E-state index in [0.717, 1.165) is 24.8 Å². The topological polar surface area (TPSA) is 78.9 Å². The van der Waals surface area contributed by atoms with E-state index in [1.807, 2.05) is 6.07 Å². The van der Waals surface area contributed by atoms with Gasteiger partial charge >= 0.3 is 0 Å². The van der Waals surface area contributed by atoms with Gasteiger partial charge in [-0.05, 0) is 48.4 Å². The highest BCUT2D eigenvalue weighted by Gasteiger charge is 2.12. The molecule has 1 aromatic carbocycles. The summed E-state index contributed by atoms with van der Waals surface area (Å²) in [5.74, 6) is 0.101. The molecule has 1 amide bonds. The summed E-state index contributed by atoms with van der Waals surface area (Å²) in [5.41, 5.74) is 8.36. The molecule has 0 aromatic heterocycles. The number of nitrogens with two attached hydrogens (primary N) is 1. The molecular formula is C17H25N3O. The zero-order valence-corrected chi connectivity index (χ0v) is 13.2. The molecule has 0 saturated heterocycles. The molecule has 0 unspecified atom stereocenters. The normalized spacial score (nSPS) is 11.0. The van der Waals surface area contributed by atoms with E-state index in [2.05, 4.69) is 32.2 Å². The summed E-state index contributed by atoms with van der Waals surface area (Å²) >= 11 is 0. The maximum Gasteiger partial charge on any atom is 0.220 e. The summed E-state index contributed by atoms with van der Waals surface area (Å²) in [4.78, 5) is 11.7. The summed E-state index contributed by atoms with van der Waals surface area (Å²) in [5, 5.41) is 11.8. The molecule has 21 heavy (non-hydrogen) atoms. The van der Waals surface area contributed by atoms with Crippen molar-refractivity contribution in [2.75, 3.05) is 12.3 Å². The Labute approximate surface area is 127 Å². The zero-order chi connectivity index (χ0) is 15.9. The van der Waals surface area contributed by atoms with Gasteiger partial charge in [-0.15, -0.1) is 0 Å². The van der Waals surface area contributed by atoms with Crippen LogP contribution in [-0.4, -0.2) is 12.5 Å². The fraction of sp³-hybridized carbons (Fsp3) is 0.529. The maximum absolute atomic E-state index is 11.7. The first-order chi connectivity index (χ1) is 9.81. The number of hydrogen-bond acceptors (Lipinski definition) is 3. The van der Waals surface area contributed by atoms with E-state index in [1.54, 1.807) is 12.1 Å². The third-order valence-electron chi connectivity index (χ3n) is 3.32. The number of hydrogen-bond donors (Lipinski definition) is 2. The van der Waals surface area contributed by atoms with Crippen molar-refractivity contribution in [1.82, 2.24) is 5.32 Å². The van der Waals surface area contributed by atoms with Gasteiger partial charge in [0.1, 0.15) is 0 Å². The third kappa shape index (κ3) is 6.80. The SMILES string of the molecule is CC(C)(C)CCC(=O)NCCCc1cc(C#N)ccc1N. The Morgan fingerprint density at radius 1 is 1.38 bits per heavy atom. The molecule has 0 fully saturated rings. The van der Waals surface area contributed by atoms with Crippen molar-refractivity contribution in [1.29, 1.82) is 5.26 Å². The van der Waals surface area contributed by atoms with Gasteiger partial charge in [-0.25, -0.2) is 0 Å². The van der Waals surface area contributed by atoms with E-state index < -0.39 is 0 Å². The average Bonchev–Trinajstić information content (AvgIpc) is 2.42. The van der Waals surface area contributed by atoms with E-state index in [1.165, 1.54) is 0 Å². The second-order valence-electron chi connectivity index (χ2n) is 6.54. The van der Waals surface area contributed by atoms with E-state index in [9.17, 15) is 4.79 Å². The van der Waals surface area contributed by atoms with E-state index in [-0.39, 0.29) is 11.3 Å². The van der Waals surface area contributed by atoms with Crippen LogP contribution in [0.5, 0.6) is 0 Å². The van der Waals surface area contributed by atoms with Crippen LogP contribution in [0.2, 0.25) is 0 Å². The van der Waals surface area contributed by atoms with Crippen LogP contribution in [0, 0.1) is 16.7 Å². The van der Waals surface area contributed by atoms with Crippen molar-refractivity contribution >= 4 is 11.6 Å². The first-order valence-electron chi connectivity index (χ1n) is 7.37. The molecule has 0 atom stereocenters. The Kier molecular flexibility index (Phi) is 6.23. The standard InChI is InChI=1S/C17H25N3O/c1-17(2,3)9-8-16(21)20-10-4-5-14-11-13(12-18)6-7-15(14)19/h6-7,11H,4-5,8-10,19H2,1-3H3,(H,20,21). The molecule has 0 spiro atoms. The van der Waals surface area contributed by atoms with Crippen molar-refractivity contribution < 1.29 is 4.79 Å². The van der Waals surface area contributed by atoms with Crippen LogP contribution in [0.15, 0.2) is 18.2 Å². The molecule has 1 rings (SSSR count). The second kappa shape index (κ2) is 7.68. The first kappa shape index (κ1) is 17.0. The molecule has 3 N–H and O–H groups in total. The second-order valence-corrected chi connectivity index (χ2v) is 6.54. The van der Waals surface area contributed by atoms with Crippen molar-refractivity contribution in [2.45, 2.75) is 46.5 Å². The van der Waals surface area contributed by atoms with Gasteiger partial charge in [-0.2, -0.15) is 5.26 Å². The fourth-order valence-corrected chi connectivity index (χ4v) is 1.98. The number of carbonyl (C=O) groups excluding carboxylic acids is 1. The number of nitrogens with one attached hydrogen (secondary N) is 1. The molecule has 114 valence electrons. The summed E-state index contributed by atoms with van der Waals surface area (Å²) in [6.07, 6.45) is 3.03. The summed E-state index contributed by atoms with van der Waals surface area (Å²) in [6, 6.07) is 7.40. The van der Waals surface area contributed by atoms with Crippen molar-refractivity contribution in [3.63, 3.8) is 0 Å². The van der Waals surface area contributed by atoms with Gasteiger partial charge in [-0.1, -0.05) is 20.8 Å². The molecule has 0 heterocycles. The molecule has 0 aliphatic rings. The quantitative estimate of drug-likeness (QED) is 0.623. The molecule has 0 bridgehead atoms. The summed E-state index contributed by atoms with van der Waals surface area (Å²) in [6.45, 7) is 7.03. The van der Waals surface area contributed by atoms with Gasteiger partial charge < -0.3 is 11.1 Å². The Balaban J connectivity index is 2.31. The number of anilines is 1. The fourth-order valence-electron chi connectivity index (χ4n) is 1.98. The Morgan fingerprint density at radius 2 is 2.10 bits per heavy atom. The van der Waals surface area contributed by atoms with Gasteiger partial charge in [0.05, 0.1) is 11.6 Å². The molecule has 0 aliphatic carbocycles. The molecule has 4 heteroatoms. The number of aryl methyl sites for hydroxylation is 1. The van der Waals surface area contributed by atoms with Crippen LogP contribution < -0.4 is 11.1 Å². The zero-order valence-electron chi connectivity index (χ0n) is 13.2. The highest BCUT2D eigenvalue weighted by Crippen LogP contribution is 2.20. The van der Waals surface area contributed by atoms with Gasteiger partial charge in [0.2, 0.25) is 5.91 Å². The average molecular weight is 287 g/mol. The van der Waals surface area contributed by atoms with Crippen molar-refractivity contribution in [3.8, 4) is 6.07 Å². The van der Waals surface area contributed by atoms with E-state index in [4.69, 9.17) is 11.0 Å². The smallest absolute Gasteiger partial charge is 0.220 e. The minimum absolute atomic E-state index is 0.101. The lowest BCUT2D eigenvalue weighted by Crippen LogP contribution is -2.25. The summed E-state index contributed by atoms with van der Waals surface area (Å²) in [7, 11) is 0. The largest absolute Gasteiger partial charge is 0.399 e. The number of nitriles is 1. The number of benzene rings is 1. The highest BCUT2D eigenvalue weighted by atomic mass is 16.1. The number of amides is 1. The van der Waals surface area contributed by atoms with E-state index >= 15 is 0 Å². The van der Waals surface area contributed by atoms with Gasteiger partial charge in [0, 0.05) is 18.7 Å². The molecule has 4 nitrogen and oxygen atoms in total. The number of nitrogens with zero attached hydrogens (tertiary/aromatic N) is 1. The van der Waals surface area contributed by atoms with Crippen molar-refractivity contribution in [3.05, 3.63) is 29.3 Å². The van der Waals surface area contributed by atoms with Crippen molar-refractivity contribution in [2.24, 2.45) is 5.41 Å². The lowest BCUT2D eigenvalue weighted by atomic mass is 9.90. The third-order valence-corrected chi connectivity index (χ3v) is 3.32. The highest BCUT2D eigenvalue weighted by molar-refractivity contribution is 5.75. The molecule has 0 saturated carbocycles. The predicted molar refractivity (Wildman–Crippen MR) is 85.6 cm³/mol. The van der Waals surface area contributed by atoms with Crippen LogP contribution in [-0.2, 0) is 11.2 Å². The van der Waals surface area contributed by atoms with Gasteiger partial charge in [0.25, 0.3) is 0 Å². The molecule has 0 radical (unpaired) electrons. The van der Waals surface area contributed by atoms with Crippen LogP contribution in [0.1, 0.15) is 51.2 Å². The lowest BCUT2D eigenvalue weighted by molar-refractivity contribution is -0.121. The first-order valence-corrected chi connectivity index (χ1v) is 7.37.